The molecule has 0 bridgehead atoms. The first kappa shape index (κ1) is 18.5. The minimum Gasteiger partial charge on any atom is -0.490 e. The lowest BCUT2D eigenvalue weighted by Crippen LogP contribution is -2.08. The summed E-state index contributed by atoms with van der Waals surface area (Å²) >= 11 is 0. The fourth-order valence-corrected chi connectivity index (χ4v) is 2.80. The van der Waals surface area contributed by atoms with Crippen molar-refractivity contribution in [3.8, 4) is 11.5 Å². The Morgan fingerprint density at radius 1 is 0.793 bits per heavy atom. The number of nitrogens with zero attached hydrogens (tertiary/aromatic N) is 1. The van der Waals surface area contributed by atoms with Crippen LogP contribution in [-0.4, -0.2) is 25.1 Å². The quantitative estimate of drug-likeness (QED) is 0.342. The van der Waals surface area contributed by atoms with E-state index in [4.69, 9.17) is 14.2 Å². The second-order valence-corrected chi connectivity index (χ2v) is 6.28. The average molecular weight is 385 g/mol. The van der Waals surface area contributed by atoms with Crippen LogP contribution in [0.4, 0.5) is 0 Å². The van der Waals surface area contributed by atoms with Crippen molar-refractivity contribution in [2.75, 3.05) is 13.2 Å². The summed E-state index contributed by atoms with van der Waals surface area (Å²) in [7, 11) is 0. The molecule has 0 unspecified atom stereocenters. The summed E-state index contributed by atoms with van der Waals surface area (Å²) in [5.41, 5.74) is 1.82. The van der Waals surface area contributed by atoms with Crippen LogP contribution in [0, 0.1) is 0 Å². The standard InChI is InChI=1S/C24H19NO4/c26-24-22(25-23(29-24)19-9-3-1-4-10-19)17-18-8-7-13-21(16-18)28-15-14-27-20-11-5-2-6-12-20/h1-13,16-17H,14-15H2. The highest BCUT2D eigenvalue weighted by Gasteiger charge is 2.23. The average Bonchev–Trinajstić information content (AvgIpc) is 3.13. The molecule has 0 amide bonds. The van der Waals surface area contributed by atoms with Crippen LogP contribution in [0.1, 0.15) is 11.1 Å². The predicted octanol–water partition coefficient (Wildman–Crippen LogP) is 4.49. The molecule has 4 rings (SSSR count). The van der Waals surface area contributed by atoms with Crippen molar-refractivity contribution in [1.29, 1.82) is 0 Å². The largest absolute Gasteiger partial charge is 0.490 e. The third-order valence-corrected chi connectivity index (χ3v) is 4.17. The van der Waals surface area contributed by atoms with E-state index in [0.717, 1.165) is 16.9 Å². The minimum atomic E-state index is -0.466. The lowest BCUT2D eigenvalue weighted by atomic mass is 10.2. The normalized spacial score (nSPS) is 14.4. The van der Waals surface area contributed by atoms with E-state index in [9.17, 15) is 4.79 Å². The van der Waals surface area contributed by atoms with Crippen molar-refractivity contribution < 1.29 is 19.0 Å². The molecule has 0 N–H and O–H groups in total. The van der Waals surface area contributed by atoms with Crippen molar-refractivity contribution in [1.82, 2.24) is 0 Å². The number of benzene rings is 3. The zero-order valence-electron chi connectivity index (χ0n) is 15.7. The number of rotatable bonds is 7. The number of cyclic esters (lactones) is 1. The number of aliphatic imine (C=N–C) groups is 1. The lowest BCUT2D eigenvalue weighted by Gasteiger charge is -2.08. The van der Waals surface area contributed by atoms with E-state index in [0.29, 0.717) is 24.9 Å². The molecule has 1 heterocycles. The molecule has 0 saturated carbocycles. The second-order valence-electron chi connectivity index (χ2n) is 6.28. The summed E-state index contributed by atoms with van der Waals surface area (Å²) in [5.74, 6) is 1.34. The van der Waals surface area contributed by atoms with Crippen LogP contribution in [0.15, 0.2) is 95.6 Å². The summed E-state index contributed by atoms with van der Waals surface area (Å²) in [4.78, 5) is 16.5. The molecule has 5 heteroatoms. The molecular weight excluding hydrogens is 366 g/mol. The molecular formula is C24H19NO4. The van der Waals surface area contributed by atoms with E-state index < -0.39 is 5.97 Å². The SMILES string of the molecule is O=C1OC(c2ccccc2)=NC1=Cc1cccc(OCCOc2ccccc2)c1. The first-order chi connectivity index (χ1) is 14.3. The fraction of sp³-hybridized carbons (Fsp3) is 0.0833. The summed E-state index contributed by atoms with van der Waals surface area (Å²) in [6.07, 6.45) is 1.69. The summed E-state index contributed by atoms with van der Waals surface area (Å²) < 4.78 is 16.6. The Labute approximate surface area is 168 Å². The fourth-order valence-electron chi connectivity index (χ4n) is 2.80. The van der Waals surface area contributed by atoms with E-state index >= 15 is 0 Å². The Bertz CT molecular complexity index is 1040. The maximum Gasteiger partial charge on any atom is 0.363 e. The Morgan fingerprint density at radius 2 is 1.45 bits per heavy atom. The highest BCUT2D eigenvalue weighted by atomic mass is 16.6. The first-order valence-electron chi connectivity index (χ1n) is 9.27. The van der Waals surface area contributed by atoms with Gasteiger partial charge in [-0.2, -0.15) is 0 Å². The minimum absolute atomic E-state index is 0.258. The van der Waals surface area contributed by atoms with Crippen LogP contribution in [0.5, 0.6) is 11.5 Å². The van der Waals surface area contributed by atoms with Crippen LogP contribution < -0.4 is 9.47 Å². The van der Waals surface area contributed by atoms with Crippen LogP contribution in [-0.2, 0) is 9.53 Å². The first-order valence-corrected chi connectivity index (χ1v) is 9.27. The molecule has 5 nitrogen and oxygen atoms in total. The van der Waals surface area contributed by atoms with Gasteiger partial charge in [0, 0.05) is 5.56 Å². The number of esters is 1. The van der Waals surface area contributed by atoms with Gasteiger partial charge in [0.05, 0.1) is 0 Å². The molecule has 3 aromatic carbocycles. The number of ether oxygens (including phenoxy) is 3. The van der Waals surface area contributed by atoms with Gasteiger partial charge in [0.25, 0.3) is 0 Å². The molecule has 0 radical (unpaired) electrons. The number of carbonyl (C=O) groups excluding carboxylic acids is 1. The monoisotopic (exact) mass is 385 g/mol. The van der Waals surface area contributed by atoms with Crippen molar-refractivity contribution in [2.24, 2.45) is 4.99 Å². The van der Waals surface area contributed by atoms with Gasteiger partial charge in [-0.3, -0.25) is 0 Å². The lowest BCUT2D eigenvalue weighted by molar-refractivity contribution is -0.129. The number of hydrogen-bond donors (Lipinski definition) is 0. The highest BCUT2D eigenvalue weighted by molar-refractivity contribution is 6.12. The van der Waals surface area contributed by atoms with E-state index in [1.807, 2.05) is 84.9 Å². The Balaban J connectivity index is 1.39. The van der Waals surface area contributed by atoms with Gasteiger partial charge in [-0.1, -0.05) is 48.5 Å². The Morgan fingerprint density at radius 3 is 2.21 bits per heavy atom. The summed E-state index contributed by atoms with van der Waals surface area (Å²) in [5, 5.41) is 0. The van der Waals surface area contributed by atoms with Crippen molar-refractivity contribution in [3.05, 3.63) is 102 Å². The molecule has 0 aliphatic carbocycles. The van der Waals surface area contributed by atoms with E-state index in [1.165, 1.54) is 0 Å². The Kier molecular flexibility index (Phi) is 5.67. The number of carbonyl (C=O) groups is 1. The molecule has 0 fully saturated rings. The second kappa shape index (κ2) is 8.89. The molecule has 0 atom stereocenters. The maximum absolute atomic E-state index is 12.1. The van der Waals surface area contributed by atoms with Gasteiger partial charge in [-0.05, 0) is 48.0 Å². The Hall–Kier alpha value is -3.86. The van der Waals surface area contributed by atoms with E-state index in [1.54, 1.807) is 6.08 Å². The molecule has 0 saturated heterocycles. The van der Waals surface area contributed by atoms with E-state index in [2.05, 4.69) is 4.99 Å². The number of hydrogen-bond acceptors (Lipinski definition) is 5. The zero-order valence-corrected chi connectivity index (χ0v) is 15.7. The molecule has 0 spiro atoms. The van der Waals surface area contributed by atoms with Gasteiger partial charge < -0.3 is 14.2 Å². The molecule has 0 aromatic heterocycles. The van der Waals surface area contributed by atoms with Gasteiger partial charge >= 0.3 is 5.97 Å². The van der Waals surface area contributed by atoms with Crippen molar-refractivity contribution >= 4 is 17.9 Å². The third kappa shape index (κ3) is 4.90. The molecule has 144 valence electrons. The summed E-state index contributed by atoms with van der Waals surface area (Å²) in [6.45, 7) is 0.847. The van der Waals surface area contributed by atoms with Crippen LogP contribution >= 0.6 is 0 Å². The topological polar surface area (TPSA) is 57.1 Å². The highest BCUT2D eigenvalue weighted by Crippen LogP contribution is 2.21. The molecule has 3 aromatic rings. The third-order valence-electron chi connectivity index (χ3n) is 4.17. The van der Waals surface area contributed by atoms with Gasteiger partial charge in [0.15, 0.2) is 5.70 Å². The molecule has 29 heavy (non-hydrogen) atoms. The number of para-hydroxylation sites is 1. The summed E-state index contributed by atoms with van der Waals surface area (Å²) in [6, 6.07) is 26.4. The zero-order chi connectivity index (χ0) is 19.9. The van der Waals surface area contributed by atoms with E-state index in [-0.39, 0.29) is 5.70 Å². The van der Waals surface area contributed by atoms with Crippen molar-refractivity contribution in [3.63, 3.8) is 0 Å². The smallest absolute Gasteiger partial charge is 0.363 e. The van der Waals surface area contributed by atoms with Gasteiger partial charge in [0.1, 0.15) is 24.7 Å². The van der Waals surface area contributed by atoms with Crippen molar-refractivity contribution in [2.45, 2.75) is 0 Å². The van der Waals surface area contributed by atoms with Gasteiger partial charge in [0.2, 0.25) is 5.90 Å². The van der Waals surface area contributed by atoms with Gasteiger partial charge in [-0.15, -0.1) is 0 Å². The molecule has 1 aliphatic rings. The van der Waals surface area contributed by atoms with Crippen LogP contribution in [0.3, 0.4) is 0 Å². The maximum atomic E-state index is 12.1. The van der Waals surface area contributed by atoms with Gasteiger partial charge in [-0.25, -0.2) is 9.79 Å². The van der Waals surface area contributed by atoms with Crippen LogP contribution in [0.25, 0.3) is 6.08 Å². The molecule has 1 aliphatic heterocycles. The van der Waals surface area contributed by atoms with Crippen LogP contribution in [0.2, 0.25) is 0 Å². The predicted molar refractivity (Wildman–Crippen MR) is 111 cm³/mol.